The van der Waals surface area contributed by atoms with Crippen LogP contribution in [0.5, 0.6) is 0 Å². The molecule has 0 aliphatic heterocycles. The van der Waals surface area contributed by atoms with E-state index in [1.165, 1.54) is 5.56 Å². The van der Waals surface area contributed by atoms with E-state index in [0.29, 0.717) is 18.1 Å². The Hall–Kier alpha value is -1.68. The zero-order chi connectivity index (χ0) is 11.5. The van der Waals surface area contributed by atoms with Gasteiger partial charge in [-0.25, -0.2) is 0 Å². The summed E-state index contributed by atoms with van der Waals surface area (Å²) in [6, 6.07) is 8.14. The number of nitrogens with zero attached hydrogens (tertiary/aromatic N) is 2. The Morgan fingerprint density at radius 2 is 2.00 bits per heavy atom. The Morgan fingerprint density at radius 1 is 1.31 bits per heavy atom. The van der Waals surface area contributed by atoms with Gasteiger partial charge >= 0.3 is 0 Å². The molecule has 2 aromatic rings. The molecule has 0 fully saturated rings. The molecule has 1 aromatic carbocycles. The van der Waals surface area contributed by atoms with Gasteiger partial charge in [-0.1, -0.05) is 35.0 Å². The highest BCUT2D eigenvalue weighted by atomic mass is 16.5. The van der Waals surface area contributed by atoms with Crippen LogP contribution in [0.4, 0.5) is 0 Å². The Morgan fingerprint density at radius 3 is 2.56 bits per heavy atom. The van der Waals surface area contributed by atoms with Crippen molar-refractivity contribution in [2.75, 3.05) is 0 Å². The van der Waals surface area contributed by atoms with Gasteiger partial charge in [0, 0.05) is 0 Å². The lowest BCUT2D eigenvalue weighted by Crippen LogP contribution is -1.94. The average molecular weight is 218 g/mol. The first kappa shape index (κ1) is 10.8. The van der Waals surface area contributed by atoms with Gasteiger partial charge in [0.05, 0.1) is 6.42 Å². The zero-order valence-electron chi connectivity index (χ0n) is 9.34. The van der Waals surface area contributed by atoms with E-state index in [0.717, 1.165) is 5.56 Å². The maximum absolute atomic E-state index is 9.25. The van der Waals surface area contributed by atoms with Gasteiger partial charge in [-0.2, -0.15) is 4.98 Å². The lowest BCUT2D eigenvalue weighted by Gasteiger charge is -1.97. The lowest BCUT2D eigenvalue weighted by molar-refractivity contribution is 0.184. The maximum atomic E-state index is 9.25. The number of aliphatic hydroxyl groups is 1. The van der Waals surface area contributed by atoms with Gasteiger partial charge in [-0.15, -0.1) is 0 Å². The van der Waals surface area contributed by atoms with Crippen LogP contribution in [0.25, 0.3) is 0 Å². The zero-order valence-corrected chi connectivity index (χ0v) is 9.34. The fourth-order valence-corrected chi connectivity index (χ4v) is 1.39. The number of hydrogen-bond acceptors (Lipinski definition) is 4. The number of rotatable bonds is 3. The summed E-state index contributed by atoms with van der Waals surface area (Å²) in [5.41, 5.74) is 2.34. The lowest BCUT2D eigenvalue weighted by atomic mass is 10.1. The molecule has 0 amide bonds. The molecule has 1 N–H and O–H groups in total. The summed E-state index contributed by atoms with van der Waals surface area (Å²) in [6.07, 6.45) is -0.0875. The average Bonchev–Trinajstić information content (AvgIpc) is 2.70. The Kier molecular flexibility index (Phi) is 3.01. The minimum absolute atomic E-state index is 0.335. The number of aryl methyl sites for hydroxylation is 1. The van der Waals surface area contributed by atoms with Gasteiger partial charge in [-0.3, -0.25) is 0 Å². The van der Waals surface area contributed by atoms with Crippen molar-refractivity contribution in [2.24, 2.45) is 0 Å². The summed E-state index contributed by atoms with van der Waals surface area (Å²) in [6.45, 7) is 3.66. The van der Waals surface area contributed by atoms with Crippen LogP contribution >= 0.6 is 0 Å². The largest absolute Gasteiger partial charge is 0.385 e. The van der Waals surface area contributed by atoms with Gasteiger partial charge in [0.2, 0.25) is 5.89 Å². The molecule has 1 unspecified atom stereocenters. The Balaban J connectivity index is 2.11. The standard InChI is InChI=1S/C12H14N2O2/c1-8-3-5-10(6-4-8)7-11-13-12(9(2)15)14-16-11/h3-6,9,15H,7H2,1-2H3. The van der Waals surface area contributed by atoms with Crippen molar-refractivity contribution in [3.8, 4) is 0 Å². The van der Waals surface area contributed by atoms with Crippen molar-refractivity contribution in [3.05, 3.63) is 47.1 Å². The molecule has 0 radical (unpaired) electrons. The van der Waals surface area contributed by atoms with Crippen molar-refractivity contribution in [2.45, 2.75) is 26.4 Å². The van der Waals surface area contributed by atoms with Crippen LogP contribution in [0.3, 0.4) is 0 Å². The first-order valence-corrected chi connectivity index (χ1v) is 5.21. The molecule has 4 heteroatoms. The summed E-state index contributed by atoms with van der Waals surface area (Å²) in [4.78, 5) is 4.10. The molecule has 16 heavy (non-hydrogen) atoms. The van der Waals surface area contributed by atoms with Crippen LogP contribution in [0.1, 0.15) is 35.9 Å². The number of aromatic nitrogens is 2. The number of hydrogen-bond donors (Lipinski definition) is 1. The fraction of sp³-hybridized carbons (Fsp3) is 0.333. The second kappa shape index (κ2) is 4.45. The van der Waals surface area contributed by atoms with Crippen molar-refractivity contribution in [1.29, 1.82) is 0 Å². The Labute approximate surface area is 93.9 Å². The van der Waals surface area contributed by atoms with Crippen LogP contribution in [0.15, 0.2) is 28.8 Å². The van der Waals surface area contributed by atoms with Gasteiger partial charge in [0.25, 0.3) is 0 Å². The van der Waals surface area contributed by atoms with E-state index in [1.54, 1.807) is 6.92 Å². The van der Waals surface area contributed by atoms with Gasteiger partial charge < -0.3 is 9.63 Å². The van der Waals surface area contributed by atoms with Gasteiger partial charge in [0.1, 0.15) is 6.10 Å². The molecule has 0 saturated heterocycles. The Bertz CT molecular complexity index is 460. The quantitative estimate of drug-likeness (QED) is 0.856. The second-order valence-corrected chi connectivity index (χ2v) is 3.88. The molecule has 1 heterocycles. The summed E-state index contributed by atoms with van der Waals surface area (Å²) >= 11 is 0. The van der Waals surface area contributed by atoms with Gasteiger partial charge in [-0.05, 0) is 19.4 Å². The van der Waals surface area contributed by atoms with Crippen molar-refractivity contribution in [1.82, 2.24) is 10.1 Å². The first-order valence-electron chi connectivity index (χ1n) is 5.21. The van der Waals surface area contributed by atoms with E-state index < -0.39 is 6.10 Å². The van der Waals surface area contributed by atoms with Crippen LogP contribution in [0.2, 0.25) is 0 Å². The highest BCUT2D eigenvalue weighted by Crippen LogP contribution is 2.12. The normalized spacial score (nSPS) is 12.7. The molecule has 4 nitrogen and oxygen atoms in total. The summed E-state index contributed by atoms with van der Waals surface area (Å²) in [7, 11) is 0. The molecule has 0 spiro atoms. The van der Waals surface area contributed by atoms with E-state index >= 15 is 0 Å². The predicted octanol–water partition coefficient (Wildman–Crippen LogP) is 2.02. The third kappa shape index (κ3) is 2.46. The smallest absolute Gasteiger partial charge is 0.231 e. The van der Waals surface area contributed by atoms with E-state index in [4.69, 9.17) is 4.52 Å². The number of aliphatic hydroxyl groups excluding tert-OH is 1. The summed E-state index contributed by atoms with van der Waals surface area (Å²) in [5.74, 6) is 0.863. The van der Waals surface area contributed by atoms with Crippen molar-refractivity contribution in [3.63, 3.8) is 0 Å². The molecule has 0 saturated carbocycles. The van der Waals surface area contributed by atoms with Crippen LogP contribution in [-0.4, -0.2) is 15.2 Å². The molecule has 0 bridgehead atoms. The number of benzene rings is 1. The molecular formula is C12H14N2O2. The minimum atomic E-state index is -0.685. The van der Waals surface area contributed by atoms with E-state index in [1.807, 2.05) is 31.2 Å². The van der Waals surface area contributed by atoms with Crippen LogP contribution in [-0.2, 0) is 6.42 Å². The first-order chi connectivity index (χ1) is 7.65. The minimum Gasteiger partial charge on any atom is -0.385 e. The SMILES string of the molecule is Cc1ccc(Cc2nc(C(C)O)no2)cc1. The molecule has 0 aliphatic carbocycles. The fourth-order valence-electron chi connectivity index (χ4n) is 1.39. The second-order valence-electron chi connectivity index (χ2n) is 3.88. The highest BCUT2D eigenvalue weighted by molar-refractivity contribution is 5.23. The topological polar surface area (TPSA) is 59.2 Å². The third-order valence-corrected chi connectivity index (χ3v) is 2.33. The molecule has 2 rings (SSSR count). The van der Waals surface area contributed by atoms with E-state index in [9.17, 15) is 5.11 Å². The van der Waals surface area contributed by atoms with E-state index in [-0.39, 0.29) is 0 Å². The highest BCUT2D eigenvalue weighted by Gasteiger charge is 2.10. The molecule has 1 aromatic heterocycles. The predicted molar refractivity (Wildman–Crippen MR) is 58.9 cm³/mol. The molecular weight excluding hydrogens is 204 g/mol. The monoisotopic (exact) mass is 218 g/mol. The van der Waals surface area contributed by atoms with Crippen molar-refractivity contribution < 1.29 is 9.63 Å². The maximum Gasteiger partial charge on any atom is 0.231 e. The molecule has 0 aliphatic rings. The van der Waals surface area contributed by atoms with Crippen LogP contribution < -0.4 is 0 Å². The molecule has 84 valence electrons. The third-order valence-electron chi connectivity index (χ3n) is 2.33. The summed E-state index contributed by atoms with van der Waals surface area (Å²) < 4.78 is 5.04. The van der Waals surface area contributed by atoms with E-state index in [2.05, 4.69) is 10.1 Å². The van der Waals surface area contributed by atoms with Crippen molar-refractivity contribution >= 4 is 0 Å². The molecule has 1 atom stereocenters. The van der Waals surface area contributed by atoms with Crippen LogP contribution in [0, 0.1) is 6.92 Å². The van der Waals surface area contributed by atoms with Gasteiger partial charge in [0.15, 0.2) is 5.82 Å². The summed E-state index contributed by atoms with van der Waals surface area (Å²) in [5, 5.41) is 12.9.